The lowest BCUT2D eigenvalue weighted by molar-refractivity contribution is -0.123. The summed E-state index contributed by atoms with van der Waals surface area (Å²) in [5.41, 5.74) is 11.1. The summed E-state index contributed by atoms with van der Waals surface area (Å²) >= 11 is 5.50. The van der Waals surface area contributed by atoms with Crippen LogP contribution in [0.4, 0.5) is 5.69 Å². The Morgan fingerprint density at radius 1 is 1.00 bits per heavy atom. The zero-order chi connectivity index (χ0) is 16.5. The molecule has 0 saturated heterocycles. The SMILES string of the molecule is CC(O)C(=O)Nc1c(I)c(C(N)=O)c(I)c(C(N)=O)c1I. The molecule has 0 aliphatic carbocycles. The number of anilines is 1. The van der Waals surface area contributed by atoms with Gasteiger partial charge in [-0.3, -0.25) is 14.4 Å². The maximum atomic E-state index is 11.7. The molecule has 0 fully saturated rings. The number of amides is 3. The number of aliphatic hydroxyl groups is 1. The van der Waals surface area contributed by atoms with Crippen LogP contribution < -0.4 is 16.8 Å². The quantitative estimate of drug-likeness (QED) is 0.371. The van der Waals surface area contributed by atoms with E-state index < -0.39 is 23.8 Å². The molecule has 1 aromatic carbocycles. The molecule has 0 aromatic heterocycles. The van der Waals surface area contributed by atoms with Crippen molar-refractivity contribution in [2.24, 2.45) is 11.5 Å². The molecule has 0 spiro atoms. The van der Waals surface area contributed by atoms with Gasteiger partial charge >= 0.3 is 0 Å². The van der Waals surface area contributed by atoms with Crippen molar-refractivity contribution in [3.05, 3.63) is 21.8 Å². The second kappa shape index (κ2) is 7.36. The van der Waals surface area contributed by atoms with E-state index in [1.807, 2.05) is 67.8 Å². The highest BCUT2D eigenvalue weighted by Crippen LogP contribution is 2.35. The smallest absolute Gasteiger partial charge is 0.252 e. The number of halogens is 3. The van der Waals surface area contributed by atoms with E-state index in [1.54, 1.807) is 0 Å². The second-order valence-electron chi connectivity index (χ2n) is 3.96. The van der Waals surface area contributed by atoms with Crippen LogP contribution in [0.1, 0.15) is 27.6 Å². The predicted molar refractivity (Wildman–Crippen MR) is 102 cm³/mol. The van der Waals surface area contributed by atoms with Crippen LogP contribution in [-0.4, -0.2) is 28.9 Å². The third kappa shape index (κ3) is 3.95. The highest BCUT2D eigenvalue weighted by molar-refractivity contribution is 14.1. The van der Waals surface area contributed by atoms with E-state index in [2.05, 4.69) is 5.32 Å². The molecule has 1 unspecified atom stereocenters. The summed E-state index contributed by atoms with van der Waals surface area (Å²) in [5.74, 6) is -2.15. The zero-order valence-electron chi connectivity index (χ0n) is 10.5. The standard InChI is InChI=1S/C11H10I3N3O4/c1-2(18)11(21)17-8-6(13)3(9(15)19)5(12)4(7(8)14)10(16)20/h2,18H,1H3,(H2,15,19)(H2,16,20)(H,17,21). The van der Waals surface area contributed by atoms with Gasteiger partial charge in [0, 0.05) is 3.57 Å². The van der Waals surface area contributed by atoms with Crippen LogP contribution in [0.3, 0.4) is 0 Å². The zero-order valence-corrected chi connectivity index (χ0v) is 17.0. The van der Waals surface area contributed by atoms with E-state index in [0.717, 1.165) is 0 Å². The Balaban J connectivity index is 3.67. The molecular weight excluding hydrogens is 619 g/mol. The van der Waals surface area contributed by atoms with Crippen molar-refractivity contribution in [2.45, 2.75) is 13.0 Å². The molecule has 0 bridgehead atoms. The average Bonchev–Trinajstić information content (AvgIpc) is 2.32. The molecule has 0 radical (unpaired) electrons. The van der Waals surface area contributed by atoms with Crippen molar-refractivity contribution in [3.8, 4) is 0 Å². The number of carbonyl (C=O) groups excluding carboxylic acids is 3. The highest BCUT2D eigenvalue weighted by Gasteiger charge is 2.27. The fourth-order valence-electron chi connectivity index (χ4n) is 1.43. The summed E-state index contributed by atoms with van der Waals surface area (Å²) in [6.45, 7) is 1.30. The summed E-state index contributed by atoms with van der Waals surface area (Å²) < 4.78 is 1.09. The van der Waals surface area contributed by atoms with Gasteiger partial charge in [-0.25, -0.2) is 0 Å². The molecule has 7 nitrogen and oxygen atoms in total. The van der Waals surface area contributed by atoms with Gasteiger partial charge in [-0.2, -0.15) is 0 Å². The van der Waals surface area contributed by atoms with Gasteiger partial charge in [0.15, 0.2) is 0 Å². The molecular formula is C11H10I3N3O4. The van der Waals surface area contributed by atoms with Gasteiger partial charge in [0.1, 0.15) is 6.10 Å². The number of benzene rings is 1. The van der Waals surface area contributed by atoms with Crippen LogP contribution in [-0.2, 0) is 4.79 Å². The molecule has 21 heavy (non-hydrogen) atoms. The molecule has 0 heterocycles. The lowest BCUT2D eigenvalue weighted by Crippen LogP contribution is -2.28. The van der Waals surface area contributed by atoms with Crippen LogP contribution in [0.5, 0.6) is 0 Å². The van der Waals surface area contributed by atoms with Crippen molar-refractivity contribution in [2.75, 3.05) is 5.32 Å². The van der Waals surface area contributed by atoms with Crippen LogP contribution in [0.15, 0.2) is 0 Å². The Hall–Kier alpha value is -0.220. The number of primary amides is 2. The fourth-order valence-corrected chi connectivity index (χ4v) is 5.93. The van der Waals surface area contributed by atoms with E-state index in [4.69, 9.17) is 11.5 Å². The highest BCUT2D eigenvalue weighted by atomic mass is 127. The first-order chi connectivity index (χ1) is 9.59. The van der Waals surface area contributed by atoms with Gasteiger partial charge in [0.25, 0.3) is 17.7 Å². The second-order valence-corrected chi connectivity index (χ2v) is 7.20. The Labute approximate surface area is 161 Å². The summed E-state index contributed by atoms with van der Waals surface area (Å²) in [4.78, 5) is 34.9. The van der Waals surface area contributed by atoms with E-state index in [1.165, 1.54) is 6.92 Å². The van der Waals surface area contributed by atoms with Gasteiger partial charge < -0.3 is 21.9 Å². The minimum atomic E-state index is -1.25. The third-order valence-electron chi connectivity index (χ3n) is 2.44. The monoisotopic (exact) mass is 629 g/mol. The number of rotatable bonds is 4. The lowest BCUT2D eigenvalue weighted by atomic mass is 10.1. The first-order valence-corrected chi connectivity index (χ1v) is 8.62. The maximum Gasteiger partial charge on any atom is 0.252 e. The topological polar surface area (TPSA) is 136 Å². The molecule has 114 valence electrons. The Kier molecular flexibility index (Phi) is 6.60. The number of carbonyl (C=O) groups is 3. The molecule has 0 aliphatic rings. The van der Waals surface area contributed by atoms with Crippen molar-refractivity contribution in [1.82, 2.24) is 0 Å². The van der Waals surface area contributed by atoms with Gasteiger partial charge in [-0.15, -0.1) is 0 Å². The largest absolute Gasteiger partial charge is 0.384 e. The fraction of sp³-hybridized carbons (Fsp3) is 0.182. The van der Waals surface area contributed by atoms with Crippen LogP contribution in [0, 0.1) is 10.7 Å². The Morgan fingerprint density at radius 3 is 1.67 bits per heavy atom. The number of nitrogens with one attached hydrogen (secondary N) is 1. The molecule has 1 aromatic rings. The Bertz CT molecular complexity index is 605. The molecule has 0 aliphatic heterocycles. The van der Waals surface area contributed by atoms with Crippen LogP contribution >= 0.6 is 67.8 Å². The van der Waals surface area contributed by atoms with E-state index in [9.17, 15) is 19.5 Å². The molecule has 1 atom stereocenters. The summed E-state index contributed by atoms with van der Waals surface area (Å²) in [6, 6.07) is 0. The predicted octanol–water partition coefficient (Wildman–Crippen LogP) is 1.02. The van der Waals surface area contributed by atoms with Crippen molar-refractivity contribution in [3.63, 3.8) is 0 Å². The van der Waals surface area contributed by atoms with Gasteiger partial charge in [-0.1, -0.05) is 0 Å². The van der Waals surface area contributed by atoms with E-state index in [0.29, 0.717) is 10.7 Å². The van der Waals surface area contributed by atoms with Gasteiger partial charge in [0.2, 0.25) is 0 Å². The molecule has 3 amide bonds. The normalized spacial score (nSPS) is 11.9. The summed E-state index contributed by atoms with van der Waals surface area (Å²) in [5, 5.41) is 11.7. The van der Waals surface area contributed by atoms with E-state index >= 15 is 0 Å². The lowest BCUT2D eigenvalue weighted by Gasteiger charge is -2.17. The number of hydrogen-bond acceptors (Lipinski definition) is 4. The molecule has 0 saturated carbocycles. The third-order valence-corrected chi connectivity index (χ3v) is 5.67. The number of nitrogens with two attached hydrogens (primary N) is 2. The summed E-state index contributed by atoms with van der Waals surface area (Å²) in [7, 11) is 0. The van der Waals surface area contributed by atoms with Crippen molar-refractivity contribution < 1.29 is 19.5 Å². The van der Waals surface area contributed by atoms with Crippen molar-refractivity contribution >= 4 is 91.2 Å². The van der Waals surface area contributed by atoms with Crippen molar-refractivity contribution in [1.29, 1.82) is 0 Å². The number of aliphatic hydroxyl groups excluding tert-OH is 1. The van der Waals surface area contributed by atoms with Crippen LogP contribution in [0.25, 0.3) is 0 Å². The minimum absolute atomic E-state index is 0.103. The average molecular weight is 629 g/mol. The number of hydrogen-bond donors (Lipinski definition) is 4. The summed E-state index contributed by atoms with van der Waals surface area (Å²) in [6.07, 6.45) is -1.25. The first-order valence-electron chi connectivity index (χ1n) is 5.38. The molecule has 10 heteroatoms. The Morgan fingerprint density at radius 2 is 1.38 bits per heavy atom. The van der Waals surface area contributed by atoms with Crippen LogP contribution in [0.2, 0.25) is 0 Å². The maximum absolute atomic E-state index is 11.7. The van der Waals surface area contributed by atoms with E-state index in [-0.39, 0.29) is 16.8 Å². The minimum Gasteiger partial charge on any atom is -0.384 e. The first kappa shape index (κ1) is 18.8. The van der Waals surface area contributed by atoms with Gasteiger partial charge in [-0.05, 0) is 74.7 Å². The van der Waals surface area contributed by atoms with Gasteiger partial charge in [0.05, 0.1) is 24.0 Å². The molecule has 1 rings (SSSR count). The molecule has 6 N–H and O–H groups in total.